The average Bonchev–Trinajstić information content (AvgIpc) is 2.99. The molecule has 114 valence electrons. The molecule has 1 aromatic carbocycles. The van der Waals surface area contributed by atoms with Gasteiger partial charge in [-0.05, 0) is 37.7 Å². The van der Waals surface area contributed by atoms with Crippen molar-refractivity contribution in [2.75, 3.05) is 27.3 Å². The Morgan fingerprint density at radius 2 is 2.10 bits per heavy atom. The van der Waals surface area contributed by atoms with E-state index in [0.29, 0.717) is 5.76 Å². The zero-order valence-electron chi connectivity index (χ0n) is 12.8. The third kappa shape index (κ3) is 3.98. The van der Waals surface area contributed by atoms with Crippen LogP contribution in [0.15, 0.2) is 28.8 Å². The molecule has 2 rings (SSSR count). The molecule has 0 spiro atoms. The van der Waals surface area contributed by atoms with Crippen LogP contribution in [-0.2, 0) is 6.42 Å². The highest BCUT2D eigenvalue weighted by atomic mass is 16.5. The zero-order valence-corrected chi connectivity index (χ0v) is 12.8. The molecule has 21 heavy (non-hydrogen) atoms. The second kappa shape index (κ2) is 7.69. The molecule has 2 aromatic rings. The van der Waals surface area contributed by atoms with E-state index in [2.05, 4.69) is 17.2 Å². The van der Waals surface area contributed by atoms with Gasteiger partial charge in [-0.3, -0.25) is 0 Å². The number of nitrogens with zero attached hydrogens (tertiary/aromatic N) is 1. The minimum atomic E-state index is 0.698. The van der Waals surface area contributed by atoms with Crippen molar-refractivity contribution in [3.05, 3.63) is 30.3 Å². The lowest BCUT2D eigenvalue weighted by Crippen LogP contribution is -2.14. The molecule has 0 saturated heterocycles. The molecule has 0 saturated carbocycles. The van der Waals surface area contributed by atoms with Gasteiger partial charge in [-0.15, -0.1) is 0 Å². The molecule has 0 aliphatic rings. The van der Waals surface area contributed by atoms with Gasteiger partial charge in [-0.2, -0.15) is 0 Å². The number of rotatable bonds is 8. The molecular weight excluding hydrogens is 268 g/mol. The fourth-order valence-corrected chi connectivity index (χ4v) is 2.10. The van der Waals surface area contributed by atoms with Crippen LogP contribution in [0.2, 0.25) is 0 Å². The predicted molar refractivity (Wildman–Crippen MR) is 81.9 cm³/mol. The van der Waals surface area contributed by atoms with E-state index in [1.807, 2.05) is 18.2 Å². The quantitative estimate of drug-likeness (QED) is 0.758. The fraction of sp³-hybridized carbons (Fsp3) is 0.438. The Balaban J connectivity index is 2.13. The van der Waals surface area contributed by atoms with E-state index < -0.39 is 0 Å². The molecule has 0 aliphatic carbocycles. The van der Waals surface area contributed by atoms with Crippen molar-refractivity contribution in [1.82, 2.24) is 10.3 Å². The normalized spacial score (nSPS) is 10.6. The van der Waals surface area contributed by atoms with Gasteiger partial charge in [-0.25, -0.2) is 4.98 Å². The lowest BCUT2D eigenvalue weighted by Gasteiger charge is -2.08. The van der Waals surface area contributed by atoms with Gasteiger partial charge in [0.15, 0.2) is 11.7 Å². The van der Waals surface area contributed by atoms with Gasteiger partial charge in [0.1, 0.15) is 11.5 Å². The number of oxazole rings is 1. The van der Waals surface area contributed by atoms with Crippen LogP contribution < -0.4 is 14.8 Å². The van der Waals surface area contributed by atoms with Crippen LogP contribution in [-0.4, -0.2) is 32.3 Å². The van der Waals surface area contributed by atoms with Crippen LogP contribution in [0.1, 0.15) is 19.2 Å². The van der Waals surface area contributed by atoms with Gasteiger partial charge in [-0.1, -0.05) is 6.92 Å². The molecule has 0 aliphatic heterocycles. The summed E-state index contributed by atoms with van der Waals surface area (Å²) in [6.45, 7) is 4.05. The minimum Gasteiger partial charge on any atom is -0.497 e. The van der Waals surface area contributed by atoms with Gasteiger partial charge in [0.05, 0.1) is 26.0 Å². The molecule has 5 heteroatoms. The zero-order chi connectivity index (χ0) is 15.1. The largest absolute Gasteiger partial charge is 0.497 e. The highest BCUT2D eigenvalue weighted by Gasteiger charge is 2.12. The maximum absolute atomic E-state index is 5.82. The molecule has 0 atom stereocenters. The third-order valence-electron chi connectivity index (χ3n) is 3.22. The number of methoxy groups -OCH3 is 2. The second-order valence-electron chi connectivity index (χ2n) is 4.64. The van der Waals surface area contributed by atoms with Crippen LogP contribution >= 0.6 is 0 Å². The number of hydrogen-bond donors (Lipinski definition) is 1. The van der Waals surface area contributed by atoms with E-state index >= 15 is 0 Å². The molecule has 5 nitrogen and oxygen atoms in total. The van der Waals surface area contributed by atoms with Gasteiger partial charge in [0, 0.05) is 6.42 Å². The summed E-state index contributed by atoms with van der Waals surface area (Å²) in [7, 11) is 3.27. The monoisotopic (exact) mass is 290 g/mol. The van der Waals surface area contributed by atoms with Crippen molar-refractivity contribution >= 4 is 0 Å². The van der Waals surface area contributed by atoms with E-state index in [-0.39, 0.29) is 0 Å². The number of nitrogens with one attached hydrogen (secondary N) is 1. The molecule has 1 aromatic heterocycles. The summed E-state index contributed by atoms with van der Waals surface area (Å²) < 4.78 is 16.4. The number of aromatic nitrogens is 1. The van der Waals surface area contributed by atoms with Crippen molar-refractivity contribution in [2.24, 2.45) is 0 Å². The Kier molecular flexibility index (Phi) is 5.63. The summed E-state index contributed by atoms with van der Waals surface area (Å²) in [5.41, 5.74) is 0.849. The van der Waals surface area contributed by atoms with E-state index in [0.717, 1.165) is 48.9 Å². The molecule has 0 fully saturated rings. The molecule has 0 amide bonds. The number of benzene rings is 1. The third-order valence-corrected chi connectivity index (χ3v) is 3.22. The van der Waals surface area contributed by atoms with E-state index in [9.17, 15) is 0 Å². The SMILES string of the molecule is CCNCCCc1ncc(-c2cc(OC)ccc2OC)o1. The van der Waals surface area contributed by atoms with Crippen LogP contribution in [0.25, 0.3) is 11.3 Å². The number of aryl methyl sites for hydroxylation is 1. The van der Waals surface area contributed by atoms with Gasteiger partial charge in [0.2, 0.25) is 0 Å². The fourth-order valence-electron chi connectivity index (χ4n) is 2.10. The van der Waals surface area contributed by atoms with Gasteiger partial charge >= 0.3 is 0 Å². The number of hydrogen-bond acceptors (Lipinski definition) is 5. The molecule has 0 radical (unpaired) electrons. The lowest BCUT2D eigenvalue weighted by atomic mass is 10.1. The first kappa shape index (κ1) is 15.4. The van der Waals surface area contributed by atoms with E-state index in [1.54, 1.807) is 20.4 Å². The smallest absolute Gasteiger partial charge is 0.194 e. The van der Waals surface area contributed by atoms with Crippen LogP contribution in [0.4, 0.5) is 0 Å². The summed E-state index contributed by atoms with van der Waals surface area (Å²) in [5.74, 6) is 2.94. The predicted octanol–water partition coefficient (Wildman–Crippen LogP) is 2.90. The van der Waals surface area contributed by atoms with Crippen LogP contribution in [0, 0.1) is 0 Å². The number of ether oxygens (including phenoxy) is 2. The molecular formula is C16H22N2O3. The van der Waals surface area contributed by atoms with E-state index in [1.165, 1.54) is 0 Å². The highest BCUT2D eigenvalue weighted by molar-refractivity contribution is 5.67. The van der Waals surface area contributed by atoms with E-state index in [4.69, 9.17) is 13.9 Å². The van der Waals surface area contributed by atoms with Crippen molar-refractivity contribution < 1.29 is 13.9 Å². The highest BCUT2D eigenvalue weighted by Crippen LogP contribution is 2.33. The standard InChI is InChI=1S/C16H22N2O3/c1-4-17-9-5-6-16-18-11-15(21-16)13-10-12(19-2)7-8-14(13)20-3/h7-8,10-11,17H,4-6,9H2,1-3H3. The average molecular weight is 290 g/mol. The maximum Gasteiger partial charge on any atom is 0.194 e. The summed E-state index contributed by atoms with van der Waals surface area (Å²) in [6, 6.07) is 5.61. The topological polar surface area (TPSA) is 56.5 Å². The first-order valence-electron chi connectivity index (χ1n) is 7.16. The Labute approximate surface area is 125 Å². The van der Waals surface area contributed by atoms with Gasteiger partial charge < -0.3 is 19.2 Å². The first-order valence-corrected chi connectivity index (χ1v) is 7.16. The Morgan fingerprint density at radius 3 is 2.81 bits per heavy atom. The molecule has 0 unspecified atom stereocenters. The molecule has 0 bridgehead atoms. The molecule has 1 heterocycles. The Hall–Kier alpha value is -2.01. The van der Waals surface area contributed by atoms with Crippen LogP contribution in [0.5, 0.6) is 11.5 Å². The van der Waals surface area contributed by atoms with Gasteiger partial charge in [0.25, 0.3) is 0 Å². The lowest BCUT2D eigenvalue weighted by molar-refractivity contribution is 0.402. The molecule has 1 N–H and O–H groups in total. The maximum atomic E-state index is 5.82. The van der Waals surface area contributed by atoms with Crippen molar-refractivity contribution in [2.45, 2.75) is 19.8 Å². The summed E-state index contributed by atoms with van der Waals surface area (Å²) in [6.07, 6.45) is 3.56. The van der Waals surface area contributed by atoms with Crippen molar-refractivity contribution in [3.63, 3.8) is 0 Å². The summed E-state index contributed by atoms with van der Waals surface area (Å²) >= 11 is 0. The summed E-state index contributed by atoms with van der Waals surface area (Å²) in [5, 5.41) is 3.28. The first-order chi connectivity index (χ1) is 10.3. The second-order valence-corrected chi connectivity index (χ2v) is 4.64. The van der Waals surface area contributed by atoms with Crippen molar-refractivity contribution in [1.29, 1.82) is 0 Å². The Morgan fingerprint density at radius 1 is 1.24 bits per heavy atom. The van der Waals surface area contributed by atoms with Crippen molar-refractivity contribution in [3.8, 4) is 22.8 Å². The minimum absolute atomic E-state index is 0.698. The Bertz CT molecular complexity index is 566. The van der Waals surface area contributed by atoms with Crippen LogP contribution in [0.3, 0.4) is 0 Å². The summed E-state index contributed by atoms with van der Waals surface area (Å²) in [4.78, 5) is 4.33.